The summed E-state index contributed by atoms with van der Waals surface area (Å²) in [6.07, 6.45) is 6.28. The number of imidazole rings is 1. The average molecular weight is 455 g/mol. The SMILES string of the molecule is COC1CCC(n2c([C@@H](C)O)nc3cnc4c(ccn4S(=O)(=O)c4ccccc4)c32)CC1. The van der Waals surface area contributed by atoms with Crippen LogP contribution in [-0.2, 0) is 14.8 Å². The lowest BCUT2D eigenvalue weighted by molar-refractivity contribution is 0.0574. The van der Waals surface area contributed by atoms with E-state index in [1.165, 1.54) is 3.97 Å². The lowest BCUT2D eigenvalue weighted by Crippen LogP contribution is -2.24. The molecule has 3 heterocycles. The minimum atomic E-state index is -3.79. The highest BCUT2D eigenvalue weighted by atomic mass is 32.2. The van der Waals surface area contributed by atoms with Gasteiger partial charge in [0.1, 0.15) is 17.4 Å². The standard InChI is InChI=1S/C23H26N4O4S/c1-15(28)22-25-20-14-24-23-19(21(20)27(22)16-8-10-17(31-2)11-9-16)12-13-26(23)32(29,30)18-6-4-3-5-7-18/h3-7,12-17,28H,8-11H2,1-2H3/t15-,16?,17?/m1/s1. The largest absolute Gasteiger partial charge is 0.385 e. The summed E-state index contributed by atoms with van der Waals surface area (Å²) in [5, 5.41) is 11.2. The Bertz CT molecular complexity index is 1370. The van der Waals surface area contributed by atoms with Crippen molar-refractivity contribution >= 4 is 32.1 Å². The number of aliphatic hydroxyl groups excluding tert-OH is 1. The number of methoxy groups -OCH3 is 1. The van der Waals surface area contributed by atoms with Gasteiger partial charge in [-0.25, -0.2) is 22.4 Å². The van der Waals surface area contributed by atoms with Crippen molar-refractivity contribution in [3.63, 3.8) is 0 Å². The molecule has 1 aliphatic carbocycles. The molecule has 168 valence electrons. The molecule has 8 nitrogen and oxygen atoms in total. The minimum Gasteiger partial charge on any atom is -0.385 e. The molecule has 0 aliphatic heterocycles. The van der Waals surface area contributed by atoms with E-state index >= 15 is 0 Å². The normalized spacial score (nSPS) is 20.7. The molecular weight excluding hydrogens is 428 g/mol. The maximum Gasteiger partial charge on any atom is 0.269 e. The molecule has 1 N–H and O–H groups in total. The molecule has 32 heavy (non-hydrogen) atoms. The van der Waals surface area contributed by atoms with Crippen molar-refractivity contribution in [3.05, 3.63) is 54.6 Å². The molecule has 1 atom stereocenters. The zero-order valence-corrected chi connectivity index (χ0v) is 18.9. The Morgan fingerprint density at radius 1 is 1.12 bits per heavy atom. The summed E-state index contributed by atoms with van der Waals surface area (Å²) in [4.78, 5) is 9.32. The summed E-state index contributed by atoms with van der Waals surface area (Å²) >= 11 is 0. The summed E-state index contributed by atoms with van der Waals surface area (Å²) < 4.78 is 35.4. The Hall–Kier alpha value is -2.75. The molecule has 0 radical (unpaired) electrons. The average Bonchev–Trinajstić information content (AvgIpc) is 3.42. The van der Waals surface area contributed by atoms with Gasteiger partial charge < -0.3 is 14.4 Å². The van der Waals surface area contributed by atoms with Crippen LogP contribution in [0.25, 0.3) is 22.1 Å². The molecule has 5 rings (SSSR count). The van der Waals surface area contributed by atoms with Crippen LogP contribution in [0.1, 0.15) is 50.6 Å². The number of pyridine rings is 1. The van der Waals surface area contributed by atoms with Gasteiger partial charge in [-0.05, 0) is 50.8 Å². The highest BCUT2D eigenvalue weighted by molar-refractivity contribution is 7.90. The van der Waals surface area contributed by atoms with Crippen LogP contribution in [-0.4, -0.2) is 45.2 Å². The van der Waals surface area contributed by atoms with Gasteiger partial charge in [0.2, 0.25) is 0 Å². The molecule has 4 aromatic rings. The predicted octanol–water partition coefficient (Wildman–Crippen LogP) is 3.81. The van der Waals surface area contributed by atoms with Crippen LogP contribution in [0.5, 0.6) is 0 Å². The Morgan fingerprint density at radius 2 is 1.84 bits per heavy atom. The third-order valence-corrected chi connectivity index (χ3v) is 8.05. The topological polar surface area (TPSA) is 99.2 Å². The molecule has 0 amide bonds. The van der Waals surface area contributed by atoms with Crippen LogP contribution in [0.4, 0.5) is 0 Å². The summed E-state index contributed by atoms with van der Waals surface area (Å²) in [7, 11) is -2.05. The number of nitrogens with zero attached hydrogens (tertiary/aromatic N) is 4. The number of fused-ring (bicyclic) bond motifs is 3. The molecule has 0 bridgehead atoms. The first-order chi connectivity index (χ1) is 15.4. The highest BCUT2D eigenvalue weighted by Crippen LogP contribution is 2.37. The van der Waals surface area contributed by atoms with Crippen molar-refractivity contribution in [3.8, 4) is 0 Å². The third kappa shape index (κ3) is 3.32. The number of hydrogen-bond acceptors (Lipinski definition) is 6. The number of hydrogen-bond donors (Lipinski definition) is 1. The number of rotatable bonds is 5. The van der Waals surface area contributed by atoms with E-state index in [2.05, 4.69) is 14.5 Å². The second kappa shape index (κ2) is 7.99. The molecule has 0 saturated heterocycles. The van der Waals surface area contributed by atoms with Crippen LogP contribution in [0.15, 0.2) is 53.7 Å². The maximum atomic E-state index is 13.3. The van der Waals surface area contributed by atoms with Crippen LogP contribution >= 0.6 is 0 Å². The van der Waals surface area contributed by atoms with E-state index in [9.17, 15) is 13.5 Å². The monoisotopic (exact) mass is 454 g/mol. The Kier molecular flexibility index (Phi) is 5.27. The van der Waals surface area contributed by atoms with E-state index in [1.54, 1.807) is 62.8 Å². The van der Waals surface area contributed by atoms with E-state index in [0.717, 1.165) is 31.2 Å². The molecule has 3 aromatic heterocycles. The second-order valence-corrected chi connectivity index (χ2v) is 10.2. The molecule has 0 unspecified atom stereocenters. The van der Waals surface area contributed by atoms with Crippen LogP contribution in [0.3, 0.4) is 0 Å². The zero-order chi connectivity index (χ0) is 22.5. The number of ether oxygens (including phenoxy) is 1. The summed E-state index contributed by atoms with van der Waals surface area (Å²) in [5.41, 5.74) is 1.82. The van der Waals surface area contributed by atoms with Crippen molar-refractivity contribution in [2.24, 2.45) is 0 Å². The summed E-state index contributed by atoms with van der Waals surface area (Å²) in [5.74, 6) is 0.578. The quantitative estimate of drug-likeness (QED) is 0.492. The van der Waals surface area contributed by atoms with E-state index < -0.39 is 16.1 Å². The number of benzene rings is 1. The van der Waals surface area contributed by atoms with Gasteiger partial charge >= 0.3 is 0 Å². The first-order valence-corrected chi connectivity index (χ1v) is 12.2. The van der Waals surface area contributed by atoms with Crippen molar-refractivity contribution in [1.29, 1.82) is 0 Å². The van der Waals surface area contributed by atoms with Crippen LogP contribution in [0, 0.1) is 0 Å². The molecular formula is C23H26N4O4S. The van der Waals surface area contributed by atoms with Gasteiger partial charge in [0.25, 0.3) is 10.0 Å². The first-order valence-electron chi connectivity index (χ1n) is 10.8. The number of aromatic nitrogens is 4. The lowest BCUT2D eigenvalue weighted by Gasteiger charge is -2.30. The molecule has 9 heteroatoms. The highest BCUT2D eigenvalue weighted by Gasteiger charge is 2.29. The Labute approximate surface area is 186 Å². The second-order valence-electron chi connectivity index (χ2n) is 8.34. The lowest BCUT2D eigenvalue weighted by atomic mass is 9.92. The van der Waals surface area contributed by atoms with Gasteiger partial charge in [-0.1, -0.05) is 18.2 Å². The van der Waals surface area contributed by atoms with E-state index in [-0.39, 0.29) is 17.0 Å². The molecule has 1 aromatic carbocycles. The molecule has 1 fully saturated rings. The summed E-state index contributed by atoms with van der Waals surface area (Å²) in [6.45, 7) is 1.70. The van der Waals surface area contributed by atoms with Crippen LogP contribution in [0.2, 0.25) is 0 Å². The Morgan fingerprint density at radius 3 is 2.50 bits per heavy atom. The first kappa shape index (κ1) is 21.1. The van der Waals surface area contributed by atoms with Gasteiger partial charge in [-0.3, -0.25) is 0 Å². The van der Waals surface area contributed by atoms with Gasteiger partial charge in [0.15, 0.2) is 5.65 Å². The van der Waals surface area contributed by atoms with Crippen LogP contribution < -0.4 is 0 Å². The van der Waals surface area contributed by atoms with Crippen molar-refractivity contribution < 1.29 is 18.3 Å². The fraction of sp³-hybridized carbons (Fsp3) is 0.391. The Balaban J connectivity index is 1.70. The molecule has 0 spiro atoms. The van der Waals surface area contributed by atoms with E-state index in [0.29, 0.717) is 22.4 Å². The van der Waals surface area contributed by atoms with Gasteiger partial charge in [0.05, 0.1) is 22.7 Å². The smallest absolute Gasteiger partial charge is 0.269 e. The van der Waals surface area contributed by atoms with Gasteiger partial charge in [-0.15, -0.1) is 0 Å². The number of aliphatic hydroxyl groups is 1. The van der Waals surface area contributed by atoms with E-state index in [4.69, 9.17) is 4.74 Å². The van der Waals surface area contributed by atoms with Crippen molar-refractivity contribution in [1.82, 2.24) is 18.5 Å². The zero-order valence-electron chi connectivity index (χ0n) is 18.0. The van der Waals surface area contributed by atoms with E-state index in [1.807, 2.05) is 0 Å². The van der Waals surface area contributed by atoms with Gasteiger partial charge in [0, 0.05) is 24.7 Å². The molecule has 1 aliphatic rings. The van der Waals surface area contributed by atoms with Crippen molar-refractivity contribution in [2.45, 2.75) is 55.8 Å². The van der Waals surface area contributed by atoms with Crippen molar-refractivity contribution in [2.75, 3.05) is 7.11 Å². The maximum absolute atomic E-state index is 13.3. The summed E-state index contributed by atoms with van der Waals surface area (Å²) in [6, 6.07) is 10.2. The van der Waals surface area contributed by atoms with Gasteiger partial charge in [-0.2, -0.15) is 0 Å². The third-order valence-electron chi connectivity index (χ3n) is 6.37. The molecule has 1 saturated carbocycles. The predicted molar refractivity (Wildman–Crippen MR) is 121 cm³/mol. The minimum absolute atomic E-state index is 0.149. The fourth-order valence-electron chi connectivity index (χ4n) is 4.77. The fourth-order valence-corrected chi connectivity index (χ4v) is 6.09.